The van der Waals surface area contributed by atoms with Crippen LogP contribution in [0.5, 0.6) is 0 Å². The van der Waals surface area contributed by atoms with E-state index in [1.54, 1.807) is 12.1 Å². The summed E-state index contributed by atoms with van der Waals surface area (Å²) in [4.78, 5) is 0. The lowest BCUT2D eigenvalue weighted by atomic mass is 9.79. The SMILES string of the molecule is CC1CC2(CCCC2)Nc2ccc(F)cc21.Cl. The zero-order chi connectivity index (χ0) is 11.2. The molecule has 1 nitrogen and oxygen atoms in total. The van der Waals surface area contributed by atoms with E-state index in [1.165, 1.54) is 25.7 Å². The number of fused-ring (bicyclic) bond motifs is 1. The fourth-order valence-corrected chi connectivity index (χ4v) is 3.47. The normalized spacial score (nSPS) is 24.9. The summed E-state index contributed by atoms with van der Waals surface area (Å²) in [7, 11) is 0. The van der Waals surface area contributed by atoms with E-state index in [2.05, 4.69) is 12.2 Å². The van der Waals surface area contributed by atoms with Crippen LogP contribution in [0.15, 0.2) is 18.2 Å². The molecule has 0 radical (unpaired) electrons. The summed E-state index contributed by atoms with van der Waals surface area (Å²) in [5.74, 6) is 0.361. The van der Waals surface area contributed by atoms with Crippen molar-refractivity contribution >= 4 is 18.1 Å². The topological polar surface area (TPSA) is 12.0 Å². The molecule has 17 heavy (non-hydrogen) atoms. The van der Waals surface area contributed by atoms with E-state index in [9.17, 15) is 4.39 Å². The highest BCUT2D eigenvalue weighted by Crippen LogP contribution is 2.46. The third kappa shape index (κ3) is 2.15. The molecule has 1 aliphatic heterocycles. The van der Waals surface area contributed by atoms with Crippen molar-refractivity contribution < 1.29 is 4.39 Å². The van der Waals surface area contributed by atoms with Gasteiger partial charge < -0.3 is 5.32 Å². The monoisotopic (exact) mass is 255 g/mol. The van der Waals surface area contributed by atoms with Crippen LogP contribution in [0.4, 0.5) is 10.1 Å². The van der Waals surface area contributed by atoms with Crippen LogP contribution in [0.1, 0.15) is 50.5 Å². The highest BCUT2D eigenvalue weighted by atomic mass is 35.5. The lowest BCUT2D eigenvalue weighted by Crippen LogP contribution is -2.40. The van der Waals surface area contributed by atoms with Gasteiger partial charge in [-0.25, -0.2) is 4.39 Å². The first-order valence-electron chi connectivity index (χ1n) is 6.26. The molecule has 1 saturated carbocycles. The Hall–Kier alpha value is -0.760. The number of halogens is 2. The van der Waals surface area contributed by atoms with Gasteiger partial charge in [0, 0.05) is 11.2 Å². The molecule has 2 aliphatic rings. The van der Waals surface area contributed by atoms with E-state index >= 15 is 0 Å². The van der Waals surface area contributed by atoms with Crippen LogP contribution in [-0.2, 0) is 0 Å². The average Bonchev–Trinajstić information content (AvgIpc) is 2.68. The molecule has 3 rings (SSSR count). The molecule has 1 aromatic rings. The zero-order valence-electron chi connectivity index (χ0n) is 10.1. The maximum Gasteiger partial charge on any atom is 0.123 e. The molecule has 1 unspecified atom stereocenters. The van der Waals surface area contributed by atoms with Gasteiger partial charge in [0.15, 0.2) is 0 Å². The Morgan fingerprint density at radius 2 is 2.00 bits per heavy atom. The Morgan fingerprint density at radius 3 is 2.71 bits per heavy atom. The third-order valence-corrected chi connectivity index (χ3v) is 4.20. The molecule has 1 heterocycles. The van der Waals surface area contributed by atoms with Gasteiger partial charge in [-0.3, -0.25) is 0 Å². The van der Waals surface area contributed by atoms with Crippen LogP contribution < -0.4 is 5.32 Å². The van der Waals surface area contributed by atoms with Crippen LogP contribution in [-0.4, -0.2) is 5.54 Å². The Morgan fingerprint density at radius 1 is 1.29 bits per heavy atom. The maximum atomic E-state index is 13.2. The van der Waals surface area contributed by atoms with Crippen molar-refractivity contribution in [1.29, 1.82) is 0 Å². The standard InChI is InChI=1S/C14H18FN.ClH/c1-10-9-14(6-2-3-7-14)16-13-5-4-11(15)8-12(10)13;/h4-5,8,10,16H,2-3,6-7,9H2,1H3;1H. The van der Waals surface area contributed by atoms with E-state index in [4.69, 9.17) is 0 Å². The van der Waals surface area contributed by atoms with Crippen LogP contribution in [0, 0.1) is 5.82 Å². The van der Waals surface area contributed by atoms with Crippen LogP contribution >= 0.6 is 12.4 Å². The van der Waals surface area contributed by atoms with Crippen LogP contribution in [0.3, 0.4) is 0 Å². The van der Waals surface area contributed by atoms with E-state index in [0.717, 1.165) is 17.7 Å². The summed E-state index contributed by atoms with van der Waals surface area (Å²) in [6.45, 7) is 2.22. The second-order valence-corrected chi connectivity index (χ2v) is 5.45. The van der Waals surface area contributed by atoms with Gasteiger partial charge in [0.05, 0.1) is 0 Å². The molecule has 0 amide bonds. The highest BCUT2D eigenvalue weighted by molar-refractivity contribution is 5.85. The predicted molar refractivity (Wildman–Crippen MR) is 71.5 cm³/mol. The van der Waals surface area contributed by atoms with Crippen molar-refractivity contribution in [3.05, 3.63) is 29.6 Å². The molecule has 1 spiro atoms. The van der Waals surface area contributed by atoms with E-state index < -0.39 is 0 Å². The molecule has 1 N–H and O–H groups in total. The summed E-state index contributed by atoms with van der Waals surface area (Å²) >= 11 is 0. The zero-order valence-corrected chi connectivity index (χ0v) is 10.9. The van der Waals surface area contributed by atoms with E-state index in [0.29, 0.717) is 11.5 Å². The van der Waals surface area contributed by atoms with E-state index in [-0.39, 0.29) is 18.2 Å². The Bertz CT molecular complexity index is 413. The second kappa shape index (κ2) is 4.49. The van der Waals surface area contributed by atoms with Crippen molar-refractivity contribution in [1.82, 2.24) is 0 Å². The largest absolute Gasteiger partial charge is 0.379 e. The minimum atomic E-state index is -0.116. The predicted octanol–water partition coefficient (Wildman–Crippen LogP) is 4.48. The number of benzene rings is 1. The van der Waals surface area contributed by atoms with Crippen LogP contribution in [0.25, 0.3) is 0 Å². The van der Waals surface area contributed by atoms with Crippen molar-refractivity contribution in [2.45, 2.75) is 50.5 Å². The molecular weight excluding hydrogens is 237 g/mol. The minimum absolute atomic E-state index is 0. The average molecular weight is 256 g/mol. The molecule has 1 aliphatic carbocycles. The number of hydrogen-bond acceptors (Lipinski definition) is 1. The fraction of sp³-hybridized carbons (Fsp3) is 0.571. The molecule has 0 bridgehead atoms. The van der Waals surface area contributed by atoms with Crippen molar-refractivity contribution in [2.75, 3.05) is 5.32 Å². The second-order valence-electron chi connectivity index (χ2n) is 5.45. The molecule has 94 valence electrons. The third-order valence-electron chi connectivity index (χ3n) is 4.20. The molecular formula is C14H19ClFN. The Labute approximate surface area is 108 Å². The number of rotatable bonds is 0. The molecule has 1 atom stereocenters. The summed E-state index contributed by atoms with van der Waals surface area (Å²) in [6, 6.07) is 5.15. The first kappa shape index (κ1) is 12.7. The van der Waals surface area contributed by atoms with Gasteiger partial charge in [0.1, 0.15) is 5.82 Å². The van der Waals surface area contributed by atoms with Crippen LogP contribution in [0.2, 0.25) is 0 Å². The molecule has 1 aromatic carbocycles. The summed E-state index contributed by atoms with van der Waals surface area (Å²) in [5.41, 5.74) is 2.61. The minimum Gasteiger partial charge on any atom is -0.379 e. The molecule has 1 fully saturated rings. The molecule has 0 aromatic heterocycles. The van der Waals surface area contributed by atoms with Gasteiger partial charge >= 0.3 is 0 Å². The fourth-order valence-electron chi connectivity index (χ4n) is 3.47. The first-order chi connectivity index (χ1) is 7.69. The maximum absolute atomic E-state index is 13.2. The van der Waals surface area contributed by atoms with Crippen molar-refractivity contribution in [3.8, 4) is 0 Å². The van der Waals surface area contributed by atoms with Gasteiger partial charge in [-0.05, 0) is 48.9 Å². The Kier molecular flexibility index (Phi) is 3.35. The van der Waals surface area contributed by atoms with Gasteiger partial charge in [0.25, 0.3) is 0 Å². The summed E-state index contributed by atoms with van der Waals surface area (Å²) < 4.78 is 13.2. The number of anilines is 1. The lowest BCUT2D eigenvalue weighted by Gasteiger charge is -2.40. The smallest absolute Gasteiger partial charge is 0.123 e. The quantitative estimate of drug-likeness (QED) is 0.721. The van der Waals surface area contributed by atoms with Crippen molar-refractivity contribution in [3.63, 3.8) is 0 Å². The van der Waals surface area contributed by atoms with E-state index in [1.807, 2.05) is 6.07 Å². The van der Waals surface area contributed by atoms with Crippen molar-refractivity contribution in [2.24, 2.45) is 0 Å². The number of nitrogens with one attached hydrogen (secondary N) is 1. The van der Waals surface area contributed by atoms with Gasteiger partial charge in [0.2, 0.25) is 0 Å². The van der Waals surface area contributed by atoms with Gasteiger partial charge in [-0.2, -0.15) is 0 Å². The molecule has 0 saturated heterocycles. The Balaban J connectivity index is 0.00000108. The highest BCUT2D eigenvalue weighted by Gasteiger charge is 2.39. The van der Waals surface area contributed by atoms with Gasteiger partial charge in [-0.1, -0.05) is 19.8 Å². The summed E-state index contributed by atoms with van der Waals surface area (Å²) in [5, 5.41) is 3.66. The molecule has 3 heteroatoms. The first-order valence-corrected chi connectivity index (χ1v) is 6.26. The lowest BCUT2D eigenvalue weighted by molar-refractivity contribution is 0.395. The summed E-state index contributed by atoms with van der Waals surface area (Å²) in [6.07, 6.45) is 6.36. The number of hydrogen-bond donors (Lipinski definition) is 1. The van der Waals surface area contributed by atoms with Gasteiger partial charge in [-0.15, -0.1) is 12.4 Å².